The van der Waals surface area contributed by atoms with Crippen molar-refractivity contribution in [2.75, 3.05) is 6.54 Å². The molecule has 88 valence electrons. The van der Waals surface area contributed by atoms with E-state index in [9.17, 15) is 0 Å². The summed E-state index contributed by atoms with van der Waals surface area (Å²) in [6, 6.07) is 11.2. The van der Waals surface area contributed by atoms with Gasteiger partial charge in [0.25, 0.3) is 0 Å². The molecule has 0 spiro atoms. The van der Waals surface area contributed by atoms with Crippen molar-refractivity contribution in [2.24, 2.45) is 0 Å². The lowest BCUT2D eigenvalue weighted by Gasteiger charge is -2.12. The fourth-order valence-electron chi connectivity index (χ4n) is 1.90. The number of hydrogen-bond donors (Lipinski definition) is 1. The zero-order chi connectivity index (χ0) is 12.1. The van der Waals surface area contributed by atoms with E-state index in [4.69, 9.17) is 0 Å². The van der Waals surface area contributed by atoms with E-state index in [-0.39, 0.29) is 0 Å². The van der Waals surface area contributed by atoms with Gasteiger partial charge in [-0.3, -0.25) is 0 Å². The van der Waals surface area contributed by atoms with Crippen LogP contribution in [0.5, 0.6) is 0 Å². The van der Waals surface area contributed by atoms with E-state index in [1.165, 1.54) is 15.0 Å². The van der Waals surface area contributed by atoms with Gasteiger partial charge in [-0.15, -0.1) is 23.2 Å². The summed E-state index contributed by atoms with van der Waals surface area (Å²) in [6.45, 7) is 5.01. The van der Waals surface area contributed by atoms with Crippen LogP contribution >= 0.6 is 11.3 Å². The molecule has 1 heterocycles. The maximum atomic E-state index is 3.50. The van der Waals surface area contributed by atoms with Crippen LogP contribution in [-0.2, 0) is 0 Å². The van der Waals surface area contributed by atoms with Crippen LogP contribution in [0.3, 0.4) is 0 Å². The van der Waals surface area contributed by atoms with Crippen molar-refractivity contribution in [1.29, 1.82) is 0 Å². The highest BCUT2D eigenvalue weighted by atomic mass is 32.1. The Morgan fingerprint density at radius 2 is 2.18 bits per heavy atom. The van der Waals surface area contributed by atoms with Gasteiger partial charge in [-0.25, -0.2) is 0 Å². The summed E-state index contributed by atoms with van der Waals surface area (Å²) in [7, 11) is 0. The maximum absolute atomic E-state index is 3.50. The molecule has 0 aliphatic rings. The first-order valence-electron chi connectivity index (χ1n) is 5.96. The zero-order valence-electron chi connectivity index (χ0n) is 10.3. The fraction of sp³-hybridized carbons (Fsp3) is 0.333. The van der Waals surface area contributed by atoms with E-state index in [1.807, 2.05) is 18.3 Å². The molecule has 0 aliphatic heterocycles. The van der Waals surface area contributed by atoms with E-state index in [1.54, 1.807) is 0 Å². The molecular weight excluding hydrogens is 226 g/mol. The third kappa shape index (κ3) is 2.88. The van der Waals surface area contributed by atoms with Crippen molar-refractivity contribution in [1.82, 2.24) is 5.32 Å². The first kappa shape index (κ1) is 12.2. The number of benzene rings is 1. The van der Waals surface area contributed by atoms with Crippen LogP contribution in [-0.4, -0.2) is 6.54 Å². The van der Waals surface area contributed by atoms with E-state index >= 15 is 0 Å². The Morgan fingerprint density at radius 1 is 1.35 bits per heavy atom. The fourth-order valence-corrected chi connectivity index (χ4v) is 3.04. The average Bonchev–Trinajstić information content (AvgIpc) is 2.78. The van der Waals surface area contributed by atoms with Crippen molar-refractivity contribution < 1.29 is 0 Å². The summed E-state index contributed by atoms with van der Waals surface area (Å²) in [6.07, 6.45) is 0.886. The molecule has 0 radical (unpaired) electrons. The van der Waals surface area contributed by atoms with Gasteiger partial charge in [0.2, 0.25) is 0 Å². The van der Waals surface area contributed by atoms with Crippen molar-refractivity contribution in [2.45, 2.75) is 26.3 Å². The summed E-state index contributed by atoms with van der Waals surface area (Å²) in [5, 5.41) is 4.84. The van der Waals surface area contributed by atoms with Gasteiger partial charge in [-0.05, 0) is 31.0 Å². The first-order valence-corrected chi connectivity index (χ1v) is 6.78. The van der Waals surface area contributed by atoms with Gasteiger partial charge in [0.1, 0.15) is 0 Å². The molecule has 0 amide bonds. The molecule has 0 saturated heterocycles. The molecule has 17 heavy (non-hydrogen) atoms. The molecule has 1 N–H and O–H groups in total. The monoisotopic (exact) mass is 243 g/mol. The van der Waals surface area contributed by atoms with Crippen molar-refractivity contribution in [3.05, 3.63) is 35.2 Å². The van der Waals surface area contributed by atoms with Crippen LogP contribution in [0.25, 0.3) is 10.1 Å². The molecular formula is C15H17NS. The molecule has 1 aromatic carbocycles. The van der Waals surface area contributed by atoms with E-state index in [2.05, 4.69) is 54.4 Å². The predicted molar refractivity (Wildman–Crippen MR) is 76.3 cm³/mol. The molecule has 1 nitrogen and oxygen atoms in total. The number of rotatable bonds is 4. The number of nitrogens with one attached hydrogen (secondary N) is 1. The van der Waals surface area contributed by atoms with Crippen LogP contribution in [0.15, 0.2) is 30.3 Å². The third-order valence-electron chi connectivity index (χ3n) is 2.72. The van der Waals surface area contributed by atoms with Crippen LogP contribution in [0.2, 0.25) is 0 Å². The molecule has 0 fully saturated rings. The molecule has 2 heteroatoms. The number of hydrogen-bond acceptors (Lipinski definition) is 2. The van der Waals surface area contributed by atoms with E-state index < -0.39 is 0 Å². The smallest absolute Gasteiger partial charge is 0.0526 e. The summed E-state index contributed by atoms with van der Waals surface area (Å²) in [5.41, 5.74) is 0. The van der Waals surface area contributed by atoms with Crippen molar-refractivity contribution >= 4 is 21.4 Å². The van der Waals surface area contributed by atoms with Gasteiger partial charge in [0, 0.05) is 16.0 Å². The Kier molecular flexibility index (Phi) is 4.19. The Morgan fingerprint density at radius 3 is 2.88 bits per heavy atom. The Bertz CT molecular complexity index is 512. The minimum absolute atomic E-state index is 0.366. The minimum atomic E-state index is 0.366. The lowest BCUT2D eigenvalue weighted by atomic mass is 10.1. The summed E-state index contributed by atoms with van der Waals surface area (Å²) < 4.78 is 1.36. The summed E-state index contributed by atoms with van der Waals surface area (Å²) in [5.74, 6) is 6.14. The largest absolute Gasteiger partial charge is 0.309 e. The molecule has 1 aromatic heterocycles. The Balaban J connectivity index is 2.29. The van der Waals surface area contributed by atoms with Crippen LogP contribution < -0.4 is 5.32 Å². The Labute approximate surface area is 107 Å². The number of thiophene rings is 1. The summed E-state index contributed by atoms with van der Waals surface area (Å²) in [4.78, 5) is 1.39. The standard InChI is InChI=1S/C15H17NS/c1-3-5-9-13(16-4-2)15-11-12-8-6-7-10-14(12)17-15/h6-8,10-11,13,16H,4,9H2,1-2H3. The van der Waals surface area contributed by atoms with Crippen molar-refractivity contribution in [3.8, 4) is 11.8 Å². The maximum Gasteiger partial charge on any atom is 0.0526 e. The normalized spacial score (nSPS) is 12.1. The second kappa shape index (κ2) is 5.86. The Hall–Kier alpha value is -1.30. The molecule has 2 rings (SSSR count). The topological polar surface area (TPSA) is 12.0 Å². The van der Waals surface area contributed by atoms with Gasteiger partial charge in [0.05, 0.1) is 6.04 Å². The molecule has 0 aliphatic carbocycles. The van der Waals surface area contributed by atoms with Gasteiger partial charge in [-0.1, -0.05) is 25.1 Å². The van der Waals surface area contributed by atoms with Crippen LogP contribution in [0.4, 0.5) is 0 Å². The van der Waals surface area contributed by atoms with Gasteiger partial charge in [-0.2, -0.15) is 0 Å². The average molecular weight is 243 g/mol. The quantitative estimate of drug-likeness (QED) is 0.801. The highest BCUT2D eigenvalue weighted by molar-refractivity contribution is 7.19. The lowest BCUT2D eigenvalue weighted by Crippen LogP contribution is -2.19. The second-order valence-electron chi connectivity index (χ2n) is 3.93. The third-order valence-corrected chi connectivity index (χ3v) is 3.95. The molecule has 0 saturated carbocycles. The second-order valence-corrected chi connectivity index (χ2v) is 5.04. The van der Waals surface area contributed by atoms with Crippen molar-refractivity contribution in [3.63, 3.8) is 0 Å². The minimum Gasteiger partial charge on any atom is -0.309 e. The molecule has 2 aromatic rings. The van der Waals surface area contributed by atoms with Gasteiger partial charge >= 0.3 is 0 Å². The molecule has 1 unspecified atom stereocenters. The van der Waals surface area contributed by atoms with E-state index in [0.717, 1.165) is 13.0 Å². The highest BCUT2D eigenvalue weighted by Crippen LogP contribution is 2.30. The summed E-state index contributed by atoms with van der Waals surface area (Å²) >= 11 is 1.87. The van der Waals surface area contributed by atoms with E-state index in [0.29, 0.717) is 6.04 Å². The highest BCUT2D eigenvalue weighted by Gasteiger charge is 2.11. The van der Waals surface area contributed by atoms with Gasteiger partial charge in [0.15, 0.2) is 0 Å². The SMILES string of the molecule is CC#CCC(NCC)c1cc2ccccc2s1. The number of fused-ring (bicyclic) bond motifs is 1. The lowest BCUT2D eigenvalue weighted by molar-refractivity contribution is 0.574. The predicted octanol–water partition coefficient (Wildman–Crippen LogP) is 3.97. The van der Waals surface area contributed by atoms with Crippen LogP contribution in [0, 0.1) is 11.8 Å². The zero-order valence-corrected chi connectivity index (χ0v) is 11.1. The van der Waals surface area contributed by atoms with Crippen LogP contribution in [0.1, 0.15) is 31.2 Å². The molecule has 0 bridgehead atoms. The first-order chi connectivity index (χ1) is 8.35. The van der Waals surface area contributed by atoms with Gasteiger partial charge < -0.3 is 5.32 Å². The molecule has 1 atom stereocenters.